The highest BCUT2D eigenvalue weighted by atomic mass is 16.5. The van der Waals surface area contributed by atoms with Gasteiger partial charge in [0.1, 0.15) is 17.6 Å². The molecule has 1 atom stereocenters. The summed E-state index contributed by atoms with van der Waals surface area (Å²) < 4.78 is 11.9. The molecule has 1 aliphatic rings. The molecular weight excluding hydrogens is 374 g/mol. The number of H-pyrrole nitrogens is 1. The number of carbonyl (C=O) groups excluding carboxylic acids is 1. The van der Waals surface area contributed by atoms with Gasteiger partial charge in [0.2, 0.25) is 0 Å². The van der Waals surface area contributed by atoms with Crippen LogP contribution in [0.25, 0.3) is 10.9 Å². The second-order valence-corrected chi connectivity index (χ2v) is 7.84. The number of hydrogen-bond donors (Lipinski definition) is 1. The summed E-state index contributed by atoms with van der Waals surface area (Å²) in [6.07, 6.45) is 2.28. The van der Waals surface area contributed by atoms with Gasteiger partial charge in [-0.1, -0.05) is 35.9 Å². The lowest BCUT2D eigenvalue weighted by molar-refractivity contribution is 0.0271. The van der Waals surface area contributed by atoms with Gasteiger partial charge in [0.25, 0.3) is 0 Å². The van der Waals surface area contributed by atoms with E-state index in [1.807, 2.05) is 48.5 Å². The number of aromatic nitrogens is 1. The summed E-state index contributed by atoms with van der Waals surface area (Å²) in [7, 11) is 0. The van der Waals surface area contributed by atoms with Crippen molar-refractivity contribution in [2.45, 2.75) is 32.3 Å². The number of carbonyl (C=O) groups is 1. The number of rotatable bonds is 4. The number of aromatic amines is 1. The maximum atomic E-state index is 12.5. The van der Waals surface area contributed by atoms with E-state index in [1.54, 1.807) is 12.1 Å². The third-order valence-corrected chi connectivity index (χ3v) is 5.65. The van der Waals surface area contributed by atoms with E-state index in [9.17, 15) is 4.79 Å². The van der Waals surface area contributed by atoms with Crippen LogP contribution < -0.4 is 4.74 Å². The number of aryl methyl sites for hydroxylation is 2. The molecule has 30 heavy (non-hydrogen) atoms. The molecule has 150 valence electrons. The fourth-order valence-electron chi connectivity index (χ4n) is 4.06. The maximum Gasteiger partial charge on any atom is 0.338 e. The van der Waals surface area contributed by atoms with Gasteiger partial charge in [-0.25, -0.2) is 4.79 Å². The molecule has 0 saturated carbocycles. The molecule has 5 rings (SSSR count). The first-order valence-electron chi connectivity index (χ1n) is 10.3. The summed E-state index contributed by atoms with van der Waals surface area (Å²) in [6.45, 7) is 2.06. The fourth-order valence-corrected chi connectivity index (χ4v) is 4.06. The Kier molecular flexibility index (Phi) is 4.75. The molecule has 0 aliphatic heterocycles. The Morgan fingerprint density at radius 3 is 2.53 bits per heavy atom. The standard InChI is InChI=1S/C26H23NO3/c1-17-7-9-19(10-8-17)29-20-11-13-24-22(15-20)23-16-21(12-14-25(23)27-24)30-26(28)18-5-3-2-4-6-18/h2-11,13,15,21,27H,12,14,16H2,1H3. The van der Waals surface area contributed by atoms with E-state index in [0.29, 0.717) is 12.0 Å². The maximum absolute atomic E-state index is 12.5. The van der Waals surface area contributed by atoms with Crippen molar-refractivity contribution in [1.82, 2.24) is 4.98 Å². The van der Waals surface area contributed by atoms with E-state index in [-0.39, 0.29) is 12.1 Å². The number of hydrogen-bond acceptors (Lipinski definition) is 3. The van der Waals surface area contributed by atoms with Gasteiger partial charge < -0.3 is 14.5 Å². The normalized spacial score (nSPS) is 15.6. The van der Waals surface area contributed by atoms with Crippen LogP contribution in [0.15, 0.2) is 72.8 Å². The molecule has 4 nitrogen and oxygen atoms in total. The van der Waals surface area contributed by atoms with Crippen LogP contribution in [0.4, 0.5) is 0 Å². The van der Waals surface area contributed by atoms with Crippen molar-refractivity contribution in [1.29, 1.82) is 0 Å². The van der Waals surface area contributed by atoms with E-state index in [4.69, 9.17) is 9.47 Å². The molecule has 0 saturated heterocycles. The highest BCUT2D eigenvalue weighted by Crippen LogP contribution is 2.34. The quantitative estimate of drug-likeness (QED) is 0.431. The van der Waals surface area contributed by atoms with Gasteiger partial charge in [-0.3, -0.25) is 0 Å². The number of ether oxygens (including phenoxy) is 2. The SMILES string of the molecule is Cc1ccc(Oc2ccc3[nH]c4c(c3c2)CC(OC(=O)c2ccccc2)CC4)cc1. The monoisotopic (exact) mass is 397 g/mol. The summed E-state index contributed by atoms with van der Waals surface area (Å²) in [5.41, 5.74) is 5.33. The summed E-state index contributed by atoms with van der Waals surface area (Å²) in [4.78, 5) is 16.0. The van der Waals surface area contributed by atoms with Crippen LogP contribution in [0.1, 0.15) is 33.6 Å². The first kappa shape index (κ1) is 18.5. The Labute approximate surface area is 175 Å². The molecule has 0 fully saturated rings. The Balaban J connectivity index is 1.37. The molecule has 0 spiro atoms. The van der Waals surface area contributed by atoms with Crippen molar-refractivity contribution in [3.8, 4) is 11.5 Å². The lowest BCUT2D eigenvalue weighted by Gasteiger charge is -2.22. The number of fused-ring (bicyclic) bond motifs is 3. The topological polar surface area (TPSA) is 51.3 Å². The summed E-state index contributed by atoms with van der Waals surface area (Å²) in [5, 5.41) is 1.13. The molecule has 1 heterocycles. The van der Waals surface area contributed by atoms with Gasteiger partial charge in [0.15, 0.2) is 0 Å². The molecule has 4 aromatic rings. The summed E-state index contributed by atoms with van der Waals surface area (Å²) in [5.74, 6) is 1.36. The van der Waals surface area contributed by atoms with Crippen LogP contribution in [0.3, 0.4) is 0 Å². The molecule has 0 amide bonds. The Morgan fingerprint density at radius 2 is 1.73 bits per heavy atom. The van der Waals surface area contributed by atoms with Gasteiger partial charge in [-0.15, -0.1) is 0 Å². The summed E-state index contributed by atoms with van der Waals surface area (Å²) in [6, 6.07) is 23.3. The predicted molar refractivity (Wildman–Crippen MR) is 117 cm³/mol. The van der Waals surface area contributed by atoms with Crippen molar-refractivity contribution < 1.29 is 14.3 Å². The van der Waals surface area contributed by atoms with Gasteiger partial charge in [-0.2, -0.15) is 0 Å². The zero-order chi connectivity index (χ0) is 20.5. The van der Waals surface area contributed by atoms with Crippen LogP contribution in [-0.2, 0) is 17.6 Å². The Morgan fingerprint density at radius 1 is 0.967 bits per heavy atom. The van der Waals surface area contributed by atoms with Crippen molar-refractivity contribution in [3.05, 3.63) is 95.2 Å². The smallest absolute Gasteiger partial charge is 0.338 e. The zero-order valence-electron chi connectivity index (χ0n) is 16.9. The molecule has 1 aromatic heterocycles. The minimum Gasteiger partial charge on any atom is -0.458 e. The molecule has 3 aromatic carbocycles. The molecule has 1 unspecified atom stereocenters. The van der Waals surface area contributed by atoms with Crippen LogP contribution in [0, 0.1) is 6.92 Å². The van der Waals surface area contributed by atoms with E-state index in [0.717, 1.165) is 35.2 Å². The first-order chi connectivity index (χ1) is 14.7. The molecular formula is C26H23NO3. The van der Waals surface area contributed by atoms with Gasteiger partial charge in [0, 0.05) is 23.0 Å². The summed E-state index contributed by atoms with van der Waals surface area (Å²) >= 11 is 0. The average Bonchev–Trinajstić information content (AvgIpc) is 3.13. The van der Waals surface area contributed by atoms with E-state index in [2.05, 4.69) is 24.0 Å². The lowest BCUT2D eigenvalue weighted by atomic mass is 9.93. The van der Waals surface area contributed by atoms with Crippen molar-refractivity contribution in [2.24, 2.45) is 0 Å². The molecule has 0 bridgehead atoms. The molecule has 0 radical (unpaired) electrons. The third-order valence-electron chi connectivity index (χ3n) is 5.65. The second-order valence-electron chi connectivity index (χ2n) is 7.84. The zero-order valence-corrected chi connectivity index (χ0v) is 16.9. The molecule has 4 heteroatoms. The van der Waals surface area contributed by atoms with Crippen LogP contribution in [-0.4, -0.2) is 17.1 Å². The van der Waals surface area contributed by atoms with E-state index in [1.165, 1.54) is 16.8 Å². The largest absolute Gasteiger partial charge is 0.458 e. The van der Waals surface area contributed by atoms with Crippen molar-refractivity contribution in [3.63, 3.8) is 0 Å². The van der Waals surface area contributed by atoms with E-state index < -0.39 is 0 Å². The van der Waals surface area contributed by atoms with Gasteiger partial charge in [0.05, 0.1) is 5.56 Å². The lowest BCUT2D eigenvalue weighted by Crippen LogP contribution is -2.25. The minimum atomic E-state index is -0.257. The Bertz CT molecular complexity index is 1190. The molecule has 1 N–H and O–H groups in total. The third kappa shape index (κ3) is 3.69. The van der Waals surface area contributed by atoms with E-state index >= 15 is 0 Å². The highest BCUT2D eigenvalue weighted by Gasteiger charge is 2.25. The van der Waals surface area contributed by atoms with Crippen LogP contribution in [0.5, 0.6) is 11.5 Å². The van der Waals surface area contributed by atoms with Crippen molar-refractivity contribution in [2.75, 3.05) is 0 Å². The van der Waals surface area contributed by atoms with Gasteiger partial charge in [-0.05, 0) is 67.8 Å². The fraction of sp³-hybridized carbons (Fsp3) is 0.192. The molecule has 1 aliphatic carbocycles. The minimum absolute atomic E-state index is 0.120. The average molecular weight is 397 g/mol. The van der Waals surface area contributed by atoms with Gasteiger partial charge >= 0.3 is 5.97 Å². The highest BCUT2D eigenvalue weighted by molar-refractivity contribution is 5.90. The number of esters is 1. The van der Waals surface area contributed by atoms with Crippen LogP contribution >= 0.6 is 0 Å². The van der Waals surface area contributed by atoms with Crippen molar-refractivity contribution >= 4 is 16.9 Å². The predicted octanol–water partition coefficient (Wildman–Crippen LogP) is 5.98. The number of benzene rings is 3. The van der Waals surface area contributed by atoms with Crippen LogP contribution in [0.2, 0.25) is 0 Å². The Hall–Kier alpha value is -3.53. The first-order valence-corrected chi connectivity index (χ1v) is 10.3. The second kappa shape index (κ2) is 7.71. The number of nitrogens with one attached hydrogen (secondary N) is 1.